The minimum atomic E-state index is -0.496. The number of H-pyrrole nitrogens is 2. The van der Waals surface area contributed by atoms with Crippen LogP contribution in [0.25, 0.3) is 11.0 Å². The zero-order valence-electron chi connectivity index (χ0n) is 14.6. The van der Waals surface area contributed by atoms with Crippen molar-refractivity contribution in [1.29, 1.82) is 0 Å². The fourth-order valence-corrected chi connectivity index (χ4v) is 2.99. The molecule has 2 aromatic heterocycles. The maximum atomic E-state index is 12.7. The van der Waals surface area contributed by atoms with Crippen LogP contribution in [-0.2, 0) is 6.54 Å². The second kappa shape index (κ2) is 6.08. The Labute approximate surface area is 143 Å². The first-order valence-corrected chi connectivity index (χ1v) is 8.07. The number of aromatic nitrogens is 3. The number of carbonyl (C=O) groups excluding carboxylic acids is 1. The van der Waals surface area contributed by atoms with E-state index in [4.69, 9.17) is 0 Å². The molecule has 0 unspecified atom stereocenters. The number of fused-ring (bicyclic) bond motifs is 1. The van der Waals surface area contributed by atoms with Crippen LogP contribution in [0.4, 0.5) is 5.69 Å². The van der Waals surface area contributed by atoms with Gasteiger partial charge in [-0.2, -0.15) is 0 Å². The molecule has 0 spiro atoms. The Bertz CT molecular complexity index is 1100. The molecular weight excluding hydrogens is 320 g/mol. The van der Waals surface area contributed by atoms with E-state index < -0.39 is 5.91 Å². The van der Waals surface area contributed by atoms with Crippen LogP contribution in [0.5, 0.6) is 0 Å². The summed E-state index contributed by atoms with van der Waals surface area (Å²) in [5.41, 5.74) is 3.58. The number of aryl methyl sites for hydroxylation is 2. The lowest BCUT2D eigenvalue weighted by Gasteiger charge is -2.13. The molecule has 0 bridgehead atoms. The summed E-state index contributed by atoms with van der Waals surface area (Å²) in [5, 5.41) is 2.79. The minimum absolute atomic E-state index is 0.0689. The lowest BCUT2D eigenvalue weighted by Crippen LogP contribution is -2.30. The van der Waals surface area contributed by atoms with Gasteiger partial charge in [-0.15, -0.1) is 0 Å². The molecule has 0 fully saturated rings. The molecule has 0 aliphatic heterocycles. The van der Waals surface area contributed by atoms with Crippen LogP contribution >= 0.6 is 0 Å². The van der Waals surface area contributed by atoms with Crippen LogP contribution in [0.15, 0.2) is 27.8 Å². The van der Waals surface area contributed by atoms with Gasteiger partial charge in [0, 0.05) is 12.2 Å². The molecule has 0 aliphatic carbocycles. The van der Waals surface area contributed by atoms with Gasteiger partial charge in [-0.1, -0.05) is 0 Å². The van der Waals surface area contributed by atoms with Crippen LogP contribution in [0.1, 0.15) is 34.1 Å². The van der Waals surface area contributed by atoms with Gasteiger partial charge < -0.3 is 19.9 Å². The zero-order valence-corrected chi connectivity index (χ0v) is 14.6. The van der Waals surface area contributed by atoms with E-state index in [0.29, 0.717) is 23.3 Å². The molecule has 0 saturated heterocycles. The molecule has 0 saturated carbocycles. The fraction of sp³-hybridized carbons (Fsp3) is 0.278. The monoisotopic (exact) mass is 340 g/mol. The highest BCUT2D eigenvalue weighted by molar-refractivity contribution is 6.08. The van der Waals surface area contributed by atoms with E-state index in [2.05, 4.69) is 15.3 Å². The summed E-state index contributed by atoms with van der Waals surface area (Å²) < 4.78 is 1.55. The highest BCUT2D eigenvalue weighted by atomic mass is 16.2. The van der Waals surface area contributed by atoms with Crippen molar-refractivity contribution in [1.82, 2.24) is 14.5 Å². The summed E-state index contributed by atoms with van der Waals surface area (Å²) in [7, 11) is 0. The summed E-state index contributed by atoms with van der Waals surface area (Å²) in [6.45, 7) is 7.92. The van der Waals surface area contributed by atoms with E-state index in [1.54, 1.807) is 10.6 Å². The molecular formula is C18H20N4O3. The van der Waals surface area contributed by atoms with E-state index in [9.17, 15) is 14.4 Å². The maximum absolute atomic E-state index is 12.7. The predicted molar refractivity (Wildman–Crippen MR) is 97.5 cm³/mol. The average molecular weight is 340 g/mol. The topological polar surface area (TPSA) is 99.8 Å². The number of hydrogen-bond donors (Lipinski definition) is 3. The summed E-state index contributed by atoms with van der Waals surface area (Å²) in [6.07, 6.45) is 0. The van der Waals surface area contributed by atoms with Crippen molar-refractivity contribution < 1.29 is 4.79 Å². The van der Waals surface area contributed by atoms with Crippen LogP contribution in [0.2, 0.25) is 0 Å². The van der Waals surface area contributed by atoms with Gasteiger partial charge in [0.1, 0.15) is 5.56 Å². The Balaban J connectivity index is 2.11. The van der Waals surface area contributed by atoms with Crippen molar-refractivity contribution in [3.8, 4) is 0 Å². The lowest BCUT2D eigenvalue weighted by molar-refractivity contribution is 0.102. The lowest BCUT2D eigenvalue weighted by atomic mass is 10.1. The van der Waals surface area contributed by atoms with Crippen LogP contribution in [0.3, 0.4) is 0 Å². The Morgan fingerprint density at radius 1 is 1.16 bits per heavy atom. The summed E-state index contributed by atoms with van der Waals surface area (Å²) in [5.74, 6) is -0.496. The number of imidazole rings is 1. The third kappa shape index (κ3) is 2.77. The van der Waals surface area contributed by atoms with Gasteiger partial charge in [0.25, 0.3) is 11.5 Å². The van der Waals surface area contributed by atoms with Crippen LogP contribution in [0, 0.1) is 20.8 Å². The number of pyridine rings is 1. The molecule has 3 rings (SSSR count). The highest BCUT2D eigenvalue weighted by Crippen LogP contribution is 2.27. The molecule has 1 amide bonds. The zero-order chi connectivity index (χ0) is 18.3. The van der Waals surface area contributed by atoms with E-state index in [-0.39, 0.29) is 16.8 Å². The second-order valence-electron chi connectivity index (χ2n) is 6.09. The van der Waals surface area contributed by atoms with E-state index in [0.717, 1.165) is 16.8 Å². The second-order valence-corrected chi connectivity index (χ2v) is 6.09. The van der Waals surface area contributed by atoms with Crippen LogP contribution in [-0.4, -0.2) is 20.4 Å². The Hall–Kier alpha value is -3.09. The van der Waals surface area contributed by atoms with Gasteiger partial charge >= 0.3 is 5.69 Å². The van der Waals surface area contributed by atoms with Gasteiger partial charge in [0.05, 0.1) is 16.7 Å². The van der Waals surface area contributed by atoms with Gasteiger partial charge in [-0.05, 0) is 57.0 Å². The number of hydrogen-bond acceptors (Lipinski definition) is 3. The molecule has 3 N–H and O–H groups in total. The third-order valence-corrected chi connectivity index (χ3v) is 4.53. The van der Waals surface area contributed by atoms with Gasteiger partial charge in [-0.3, -0.25) is 9.59 Å². The molecule has 0 atom stereocenters. The van der Waals surface area contributed by atoms with E-state index >= 15 is 0 Å². The number of carbonyl (C=O) groups is 1. The number of benzene rings is 1. The van der Waals surface area contributed by atoms with Crippen molar-refractivity contribution in [3.05, 3.63) is 61.4 Å². The van der Waals surface area contributed by atoms with Crippen molar-refractivity contribution in [2.24, 2.45) is 0 Å². The first-order chi connectivity index (χ1) is 11.8. The van der Waals surface area contributed by atoms with Crippen molar-refractivity contribution >= 4 is 22.6 Å². The SMILES string of the molecule is CCn1c(C)ccc(C(=O)Nc2c(C)c(C)cc3[nH]c(=O)[nH]c23)c1=O. The smallest absolute Gasteiger partial charge is 0.320 e. The normalized spacial score (nSPS) is 11.0. The fourth-order valence-electron chi connectivity index (χ4n) is 2.99. The van der Waals surface area contributed by atoms with Crippen molar-refractivity contribution in [2.45, 2.75) is 34.2 Å². The largest absolute Gasteiger partial charge is 0.323 e. The minimum Gasteiger partial charge on any atom is -0.320 e. The Kier molecular flexibility index (Phi) is 4.08. The predicted octanol–water partition coefficient (Wildman–Crippen LogP) is 2.22. The average Bonchev–Trinajstić information content (AvgIpc) is 2.92. The number of nitrogens with one attached hydrogen (secondary N) is 3. The number of aromatic amines is 2. The molecule has 7 nitrogen and oxygen atoms in total. The number of anilines is 1. The quantitative estimate of drug-likeness (QED) is 0.681. The van der Waals surface area contributed by atoms with E-state index in [1.165, 1.54) is 6.07 Å². The first kappa shape index (κ1) is 16.8. The Morgan fingerprint density at radius 3 is 2.56 bits per heavy atom. The third-order valence-electron chi connectivity index (χ3n) is 4.53. The van der Waals surface area contributed by atoms with Gasteiger partial charge in [0.2, 0.25) is 0 Å². The molecule has 2 heterocycles. The van der Waals surface area contributed by atoms with E-state index in [1.807, 2.05) is 33.8 Å². The number of nitrogens with zero attached hydrogens (tertiary/aromatic N) is 1. The Morgan fingerprint density at radius 2 is 1.88 bits per heavy atom. The summed E-state index contributed by atoms with van der Waals surface area (Å²) in [6, 6.07) is 5.12. The highest BCUT2D eigenvalue weighted by Gasteiger charge is 2.17. The van der Waals surface area contributed by atoms with Crippen molar-refractivity contribution in [3.63, 3.8) is 0 Å². The molecule has 3 aromatic rings. The summed E-state index contributed by atoms with van der Waals surface area (Å²) >= 11 is 0. The van der Waals surface area contributed by atoms with Gasteiger partial charge in [0.15, 0.2) is 0 Å². The molecule has 1 aromatic carbocycles. The molecule has 130 valence electrons. The molecule has 7 heteroatoms. The molecule has 0 aliphatic rings. The van der Waals surface area contributed by atoms with Crippen molar-refractivity contribution in [2.75, 3.05) is 5.32 Å². The number of amides is 1. The summed E-state index contributed by atoms with van der Waals surface area (Å²) in [4.78, 5) is 42.2. The van der Waals surface area contributed by atoms with Crippen LogP contribution < -0.4 is 16.6 Å². The molecule has 25 heavy (non-hydrogen) atoms. The van der Waals surface area contributed by atoms with Gasteiger partial charge in [-0.25, -0.2) is 4.79 Å². The maximum Gasteiger partial charge on any atom is 0.323 e. The first-order valence-electron chi connectivity index (χ1n) is 8.07. The molecule has 0 radical (unpaired) electrons. The standard InChI is InChI=1S/C18H20N4O3/c1-5-22-10(3)6-7-12(17(22)24)16(23)20-14-11(4)9(2)8-13-15(14)21-18(25)19-13/h6-8H,5H2,1-4H3,(H,20,23)(H2,19,21,25). The number of rotatable bonds is 3.